The van der Waals surface area contributed by atoms with Crippen LogP contribution in [-0.4, -0.2) is 25.2 Å². The van der Waals surface area contributed by atoms with Gasteiger partial charge in [-0.05, 0) is 53.4 Å². The van der Waals surface area contributed by atoms with Gasteiger partial charge in [-0.3, -0.25) is 4.79 Å². The van der Waals surface area contributed by atoms with E-state index in [1.54, 1.807) is 0 Å². The first kappa shape index (κ1) is 23.1. The second-order valence-corrected chi connectivity index (χ2v) is 7.37. The van der Waals surface area contributed by atoms with E-state index in [9.17, 15) is 4.79 Å². The van der Waals surface area contributed by atoms with Gasteiger partial charge in [0.25, 0.3) is 5.91 Å². The van der Waals surface area contributed by atoms with Crippen molar-refractivity contribution in [2.24, 2.45) is 5.73 Å². The molecule has 1 aromatic carbocycles. The van der Waals surface area contributed by atoms with Crippen LogP contribution in [0.4, 0.5) is 0 Å². The molecule has 5 nitrogen and oxygen atoms in total. The van der Waals surface area contributed by atoms with Crippen molar-refractivity contribution in [3.63, 3.8) is 0 Å². The Morgan fingerprint density at radius 3 is 2.46 bits per heavy atom. The molecule has 0 radical (unpaired) electrons. The third-order valence-corrected chi connectivity index (χ3v) is 5.02. The van der Waals surface area contributed by atoms with E-state index in [1.807, 2.05) is 19.1 Å². The molecule has 26 heavy (non-hydrogen) atoms. The highest BCUT2D eigenvalue weighted by Crippen LogP contribution is 2.37. The molecule has 1 aliphatic carbocycles. The van der Waals surface area contributed by atoms with Crippen molar-refractivity contribution in [3.05, 3.63) is 22.2 Å². The van der Waals surface area contributed by atoms with Crippen LogP contribution in [0.25, 0.3) is 0 Å². The van der Waals surface area contributed by atoms with E-state index in [-0.39, 0.29) is 19.0 Å². The van der Waals surface area contributed by atoms with Crippen LogP contribution in [0.15, 0.2) is 16.6 Å². The lowest BCUT2D eigenvalue weighted by Crippen LogP contribution is -2.29. The van der Waals surface area contributed by atoms with Crippen molar-refractivity contribution in [2.75, 3.05) is 13.2 Å². The van der Waals surface area contributed by atoms with Gasteiger partial charge in [-0.2, -0.15) is 0 Å². The van der Waals surface area contributed by atoms with Gasteiger partial charge in [-0.25, -0.2) is 0 Å². The van der Waals surface area contributed by atoms with Crippen molar-refractivity contribution < 1.29 is 14.3 Å². The summed E-state index contributed by atoms with van der Waals surface area (Å²) in [7, 11) is 0. The highest BCUT2D eigenvalue weighted by molar-refractivity contribution is 9.10. The molecule has 7 heteroatoms. The molecule has 0 bridgehead atoms. The Kier molecular flexibility index (Phi) is 11.0. The maximum absolute atomic E-state index is 11.0. The zero-order chi connectivity index (χ0) is 18.1. The number of carbonyl (C=O) groups is 1. The molecule has 1 saturated carbocycles. The molecular formula is C19H30BrClN2O3. The number of primary amides is 1. The summed E-state index contributed by atoms with van der Waals surface area (Å²) in [5.74, 6) is 0.646. The zero-order valence-electron chi connectivity index (χ0n) is 15.4. The number of ether oxygens (including phenoxy) is 2. The Balaban J connectivity index is 0.00000338. The first-order valence-electron chi connectivity index (χ1n) is 9.20. The molecule has 3 N–H and O–H groups in total. The van der Waals surface area contributed by atoms with Crippen molar-refractivity contribution in [2.45, 2.75) is 64.5 Å². The lowest BCUT2D eigenvalue weighted by molar-refractivity contribution is -0.119. The molecule has 1 aliphatic rings. The number of amides is 1. The standard InChI is InChI=1S/C19H29BrN2O3.ClH/c1-2-24-17-11-14(10-16(20)19(17)25-13-18(21)23)12-22-15-8-6-4-3-5-7-9-15;/h10-11,15,22H,2-9,12-13H2,1H3,(H2,21,23);1H. The maximum Gasteiger partial charge on any atom is 0.255 e. The van der Waals surface area contributed by atoms with Crippen LogP contribution in [0.5, 0.6) is 11.5 Å². The molecule has 1 fully saturated rings. The second-order valence-electron chi connectivity index (χ2n) is 6.52. The van der Waals surface area contributed by atoms with Gasteiger partial charge in [0.2, 0.25) is 0 Å². The van der Waals surface area contributed by atoms with Crippen molar-refractivity contribution in [1.82, 2.24) is 5.32 Å². The first-order chi connectivity index (χ1) is 12.1. The van der Waals surface area contributed by atoms with E-state index in [1.165, 1.54) is 44.9 Å². The maximum atomic E-state index is 11.0. The minimum atomic E-state index is -0.510. The summed E-state index contributed by atoms with van der Waals surface area (Å²) in [5.41, 5.74) is 6.30. The van der Waals surface area contributed by atoms with Gasteiger partial charge in [0, 0.05) is 12.6 Å². The van der Waals surface area contributed by atoms with Crippen molar-refractivity contribution >= 4 is 34.2 Å². The molecule has 1 amide bonds. The number of nitrogens with two attached hydrogens (primary N) is 1. The highest BCUT2D eigenvalue weighted by Gasteiger charge is 2.15. The van der Waals surface area contributed by atoms with Gasteiger partial charge in [0.05, 0.1) is 11.1 Å². The molecule has 148 valence electrons. The summed E-state index contributed by atoms with van der Waals surface area (Å²) < 4.78 is 12.0. The average molecular weight is 450 g/mol. The van der Waals surface area contributed by atoms with Crippen LogP contribution < -0.4 is 20.5 Å². The van der Waals surface area contributed by atoms with E-state index >= 15 is 0 Å². The van der Waals surface area contributed by atoms with Gasteiger partial charge >= 0.3 is 0 Å². The molecule has 0 saturated heterocycles. The summed E-state index contributed by atoms with van der Waals surface area (Å²) in [6.45, 7) is 3.07. The Hall–Kier alpha value is -0.980. The monoisotopic (exact) mass is 448 g/mol. The van der Waals surface area contributed by atoms with Crippen LogP contribution in [0, 0.1) is 0 Å². The predicted molar refractivity (Wildman–Crippen MR) is 110 cm³/mol. The summed E-state index contributed by atoms with van der Waals surface area (Å²) >= 11 is 3.52. The van der Waals surface area contributed by atoms with Crippen molar-refractivity contribution in [3.8, 4) is 11.5 Å². The van der Waals surface area contributed by atoms with Gasteiger partial charge in [0.1, 0.15) is 0 Å². The fourth-order valence-corrected chi connectivity index (χ4v) is 3.80. The van der Waals surface area contributed by atoms with E-state index in [4.69, 9.17) is 15.2 Å². The van der Waals surface area contributed by atoms with E-state index in [2.05, 4.69) is 21.2 Å². The van der Waals surface area contributed by atoms with Crippen LogP contribution >= 0.6 is 28.3 Å². The quantitative estimate of drug-likeness (QED) is 0.619. The molecule has 0 aliphatic heterocycles. The minimum absolute atomic E-state index is 0. The highest BCUT2D eigenvalue weighted by atomic mass is 79.9. The van der Waals surface area contributed by atoms with E-state index < -0.39 is 5.91 Å². The molecule has 0 atom stereocenters. The number of hydrogen-bond acceptors (Lipinski definition) is 4. The lowest BCUT2D eigenvalue weighted by atomic mass is 9.96. The third-order valence-electron chi connectivity index (χ3n) is 4.43. The summed E-state index contributed by atoms with van der Waals surface area (Å²) in [4.78, 5) is 11.0. The van der Waals surface area contributed by atoms with E-state index in [0.717, 1.165) is 16.6 Å². The number of halogens is 2. The molecule has 0 unspecified atom stereocenters. The summed E-state index contributed by atoms with van der Waals surface area (Å²) in [6.07, 6.45) is 9.20. The summed E-state index contributed by atoms with van der Waals surface area (Å²) in [6, 6.07) is 4.57. The normalized spacial score (nSPS) is 15.5. The Bertz CT molecular complexity index is 564. The molecule has 2 rings (SSSR count). The van der Waals surface area contributed by atoms with Crippen LogP contribution in [0.3, 0.4) is 0 Å². The van der Waals surface area contributed by atoms with E-state index in [0.29, 0.717) is 24.1 Å². The van der Waals surface area contributed by atoms with Gasteiger partial charge < -0.3 is 20.5 Å². The largest absolute Gasteiger partial charge is 0.490 e. The number of carbonyl (C=O) groups excluding carboxylic acids is 1. The number of nitrogens with one attached hydrogen (secondary N) is 1. The van der Waals surface area contributed by atoms with Gasteiger partial charge in [-0.1, -0.05) is 32.1 Å². The number of benzene rings is 1. The molecule has 1 aromatic rings. The lowest BCUT2D eigenvalue weighted by Gasteiger charge is -2.22. The van der Waals surface area contributed by atoms with Crippen molar-refractivity contribution in [1.29, 1.82) is 0 Å². The van der Waals surface area contributed by atoms with Gasteiger partial charge in [-0.15, -0.1) is 12.4 Å². The molecule has 0 spiro atoms. The van der Waals surface area contributed by atoms with Crippen LogP contribution in [-0.2, 0) is 11.3 Å². The fourth-order valence-electron chi connectivity index (χ4n) is 3.19. The number of rotatable bonds is 8. The Morgan fingerprint density at radius 1 is 1.19 bits per heavy atom. The average Bonchev–Trinajstić information content (AvgIpc) is 2.53. The van der Waals surface area contributed by atoms with Gasteiger partial charge in [0.15, 0.2) is 18.1 Å². The number of hydrogen-bond donors (Lipinski definition) is 2. The Morgan fingerprint density at radius 2 is 1.85 bits per heavy atom. The zero-order valence-corrected chi connectivity index (χ0v) is 17.8. The first-order valence-corrected chi connectivity index (χ1v) is 9.99. The molecular weight excluding hydrogens is 420 g/mol. The summed E-state index contributed by atoms with van der Waals surface area (Å²) in [5, 5.41) is 3.68. The smallest absolute Gasteiger partial charge is 0.255 e. The SMILES string of the molecule is CCOc1cc(CNC2CCCCCCC2)cc(Br)c1OCC(N)=O.Cl. The van der Waals surface area contributed by atoms with Crippen LogP contribution in [0.2, 0.25) is 0 Å². The minimum Gasteiger partial charge on any atom is -0.490 e. The molecule has 0 heterocycles. The predicted octanol–water partition coefficient (Wildman–Crippen LogP) is 4.34. The second kappa shape index (κ2) is 12.4. The van der Waals surface area contributed by atoms with Crippen LogP contribution in [0.1, 0.15) is 57.4 Å². The molecule has 0 aromatic heterocycles. The third kappa shape index (κ3) is 7.72. The fraction of sp³-hybridized carbons (Fsp3) is 0.632. The Labute approximate surface area is 170 Å². The topological polar surface area (TPSA) is 73.6 Å².